The van der Waals surface area contributed by atoms with Gasteiger partial charge in [-0.05, 0) is 49.4 Å². The summed E-state index contributed by atoms with van der Waals surface area (Å²) >= 11 is 0. The predicted octanol–water partition coefficient (Wildman–Crippen LogP) is 20.1. The molecular weight excluding hydrogens is 1190 g/mol. The summed E-state index contributed by atoms with van der Waals surface area (Å²) in [6.07, 6.45) is 42.9. The van der Waals surface area contributed by atoms with Crippen LogP contribution in [0.3, 0.4) is 0 Å². The largest absolute Gasteiger partial charge is 0.472 e. The van der Waals surface area contributed by atoms with Gasteiger partial charge in [0.1, 0.15) is 19.3 Å². The van der Waals surface area contributed by atoms with Gasteiger partial charge in [-0.3, -0.25) is 37.3 Å². The summed E-state index contributed by atoms with van der Waals surface area (Å²) in [6, 6.07) is 0. The first-order valence-corrected chi connectivity index (χ1v) is 39.8. The number of unbranched alkanes of at least 4 members (excludes halogenated alkanes) is 31. The molecule has 0 fully saturated rings. The highest BCUT2D eigenvalue weighted by atomic mass is 31.2. The molecule has 0 aromatic rings. The van der Waals surface area contributed by atoms with Crippen molar-refractivity contribution >= 4 is 39.5 Å². The minimum Gasteiger partial charge on any atom is -0.462 e. The minimum absolute atomic E-state index is 0.104. The predicted molar refractivity (Wildman–Crippen MR) is 363 cm³/mol. The number of aliphatic hydroxyl groups is 1. The van der Waals surface area contributed by atoms with Crippen LogP contribution < -0.4 is 0 Å². The summed E-state index contributed by atoms with van der Waals surface area (Å²) in [7, 11) is -9.91. The number of rotatable bonds is 68. The molecule has 8 atom stereocenters. The Bertz CT molecular complexity index is 1790. The molecule has 0 aromatic heterocycles. The van der Waals surface area contributed by atoms with Crippen molar-refractivity contribution in [3.63, 3.8) is 0 Å². The molecule has 0 spiro atoms. The molecule has 0 bridgehead atoms. The molecule has 0 rings (SSSR count). The first-order chi connectivity index (χ1) is 43.2. The molecule has 0 aliphatic heterocycles. The third-order valence-electron chi connectivity index (χ3n) is 17.4. The van der Waals surface area contributed by atoms with E-state index >= 15 is 0 Å². The van der Waals surface area contributed by atoms with Crippen LogP contribution in [-0.4, -0.2) is 96.7 Å². The molecule has 17 nitrogen and oxygen atoms in total. The highest BCUT2D eigenvalue weighted by Gasteiger charge is 2.30. The zero-order valence-corrected chi connectivity index (χ0v) is 60.6. The van der Waals surface area contributed by atoms with Crippen molar-refractivity contribution in [1.29, 1.82) is 0 Å². The van der Waals surface area contributed by atoms with Gasteiger partial charge in [-0.2, -0.15) is 0 Å². The molecular formula is C71H138O17P2. The van der Waals surface area contributed by atoms with E-state index in [4.69, 9.17) is 37.0 Å². The fraction of sp³-hybridized carbons (Fsp3) is 0.944. The van der Waals surface area contributed by atoms with Gasteiger partial charge in [0.25, 0.3) is 0 Å². The lowest BCUT2D eigenvalue weighted by Crippen LogP contribution is -2.30. The van der Waals surface area contributed by atoms with Crippen molar-refractivity contribution < 1.29 is 80.2 Å². The molecule has 0 saturated heterocycles. The van der Waals surface area contributed by atoms with Gasteiger partial charge >= 0.3 is 39.5 Å². The Balaban J connectivity index is 5.27. The zero-order valence-electron chi connectivity index (χ0n) is 58.8. The monoisotopic (exact) mass is 1320 g/mol. The second-order valence-electron chi connectivity index (χ2n) is 26.8. The standard InChI is InChI=1S/C71H138O17P2/c1-9-62(6)48-40-32-24-19-21-26-35-43-51-68(73)81-57-66(87-70(75)53-45-37-27-18-16-14-12-13-15-17-23-31-39-47-61(4)5)59-85-89(77,78)83-55-65(72)56-84-90(79,80)86-60-67(58-82-69(74)52-44-36-30-29-34-42-50-64(8)11-3)88-71(76)54-46-38-28-22-20-25-33-41-49-63(7)10-2/h61-67,72H,9-60H2,1-8H3,(H,77,78)(H,79,80)/t62?,63?,64?,65-,66-,67-/m1/s1. The number of aliphatic hydroxyl groups excluding tert-OH is 1. The highest BCUT2D eigenvalue weighted by Crippen LogP contribution is 2.45. The van der Waals surface area contributed by atoms with Crippen LogP contribution in [0.25, 0.3) is 0 Å². The average Bonchev–Trinajstić information content (AvgIpc) is 3.69. The average molecular weight is 1330 g/mol. The number of phosphoric ester groups is 2. The lowest BCUT2D eigenvalue weighted by Gasteiger charge is -2.21. The number of ether oxygens (including phenoxy) is 4. The first kappa shape index (κ1) is 88.1. The van der Waals surface area contributed by atoms with Crippen LogP contribution in [0.2, 0.25) is 0 Å². The maximum atomic E-state index is 13.0. The molecule has 0 saturated carbocycles. The summed E-state index contributed by atoms with van der Waals surface area (Å²) in [5.41, 5.74) is 0. The SMILES string of the molecule is CCC(C)CCCCCCCCCCC(=O)OC[C@H](COP(=O)(O)OC[C@@H](O)COP(=O)(O)OC[C@@H](COC(=O)CCCCCCCCC(C)CC)OC(=O)CCCCCCCCCCC(C)CC)OC(=O)CCCCCCCCCCCCCCCC(C)C. The van der Waals surface area contributed by atoms with E-state index in [0.717, 1.165) is 120 Å². The van der Waals surface area contributed by atoms with Crippen LogP contribution in [0.4, 0.5) is 0 Å². The number of carbonyl (C=O) groups excluding carboxylic acids is 4. The van der Waals surface area contributed by atoms with Crippen molar-refractivity contribution in [2.45, 2.75) is 369 Å². The van der Waals surface area contributed by atoms with Gasteiger partial charge in [-0.25, -0.2) is 9.13 Å². The van der Waals surface area contributed by atoms with E-state index in [9.17, 15) is 43.2 Å². The fourth-order valence-corrected chi connectivity index (χ4v) is 12.1. The van der Waals surface area contributed by atoms with Crippen molar-refractivity contribution in [3.8, 4) is 0 Å². The number of carbonyl (C=O) groups is 4. The summed E-state index contributed by atoms with van der Waals surface area (Å²) in [4.78, 5) is 72.6. The van der Waals surface area contributed by atoms with Crippen molar-refractivity contribution in [2.24, 2.45) is 23.7 Å². The Morgan fingerprint density at radius 2 is 0.533 bits per heavy atom. The number of phosphoric acid groups is 2. The third kappa shape index (κ3) is 61.0. The van der Waals surface area contributed by atoms with Gasteiger partial charge in [-0.15, -0.1) is 0 Å². The molecule has 90 heavy (non-hydrogen) atoms. The van der Waals surface area contributed by atoms with E-state index < -0.39 is 97.5 Å². The molecule has 5 unspecified atom stereocenters. The summed E-state index contributed by atoms with van der Waals surface area (Å²) in [5, 5.41) is 10.6. The van der Waals surface area contributed by atoms with Crippen molar-refractivity contribution in [1.82, 2.24) is 0 Å². The van der Waals surface area contributed by atoms with E-state index in [0.29, 0.717) is 25.7 Å². The van der Waals surface area contributed by atoms with Crippen LogP contribution in [0.15, 0.2) is 0 Å². The molecule has 0 radical (unpaired) electrons. The normalized spacial score (nSPS) is 15.2. The van der Waals surface area contributed by atoms with Crippen LogP contribution in [0.1, 0.15) is 351 Å². The zero-order chi connectivity index (χ0) is 66.8. The van der Waals surface area contributed by atoms with Gasteiger partial charge in [0, 0.05) is 25.7 Å². The van der Waals surface area contributed by atoms with Crippen LogP contribution in [0, 0.1) is 23.7 Å². The van der Waals surface area contributed by atoms with Crippen LogP contribution in [-0.2, 0) is 65.4 Å². The van der Waals surface area contributed by atoms with E-state index in [-0.39, 0.29) is 25.7 Å². The molecule has 534 valence electrons. The lowest BCUT2D eigenvalue weighted by atomic mass is 9.99. The molecule has 0 amide bonds. The smallest absolute Gasteiger partial charge is 0.462 e. The number of hydrogen-bond donors (Lipinski definition) is 3. The van der Waals surface area contributed by atoms with Crippen LogP contribution in [0.5, 0.6) is 0 Å². The van der Waals surface area contributed by atoms with Crippen molar-refractivity contribution in [3.05, 3.63) is 0 Å². The Kier molecular flexibility index (Phi) is 59.4. The van der Waals surface area contributed by atoms with E-state index in [1.54, 1.807) is 0 Å². The van der Waals surface area contributed by atoms with E-state index in [1.807, 2.05) is 0 Å². The lowest BCUT2D eigenvalue weighted by molar-refractivity contribution is -0.161. The Labute approximate surface area is 549 Å². The summed E-state index contributed by atoms with van der Waals surface area (Å²) < 4.78 is 68.3. The topological polar surface area (TPSA) is 237 Å². The molecule has 0 heterocycles. The molecule has 19 heteroatoms. The summed E-state index contributed by atoms with van der Waals surface area (Å²) in [6.45, 7) is 14.1. The highest BCUT2D eigenvalue weighted by molar-refractivity contribution is 7.47. The molecule has 0 aromatic carbocycles. The van der Waals surface area contributed by atoms with Gasteiger partial charge in [0.15, 0.2) is 12.2 Å². The first-order valence-electron chi connectivity index (χ1n) is 36.8. The van der Waals surface area contributed by atoms with E-state index in [1.165, 1.54) is 148 Å². The second-order valence-corrected chi connectivity index (χ2v) is 29.7. The maximum absolute atomic E-state index is 13.0. The molecule has 0 aliphatic rings. The second kappa shape index (κ2) is 60.7. The van der Waals surface area contributed by atoms with Crippen molar-refractivity contribution in [2.75, 3.05) is 39.6 Å². The number of hydrogen-bond acceptors (Lipinski definition) is 15. The number of esters is 4. The van der Waals surface area contributed by atoms with E-state index in [2.05, 4.69) is 55.4 Å². The third-order valence-corrected chi connectivity index (χ3v) is 19.3. The minimum atomic E-state index is -4.95. The van der Waals surface area contributed by atoms with Crippen LogP contribution >= 0.6 is 15.6 Å². The molecule has 0 aliphatic carbocycles. The quantitative estimate of drug-likeness (QED) is 0.0222. The summed E-state index contributed by atoms with van der Waals surface area (Å²) in [5.74, 6) is 0.934. The maximum Gasteiger partial charge on any atom is 0.472 e. The van der Waals surface area contributed by atoms with Gasteiger partial charge in [-0.1, -0.05) is 299 Å². The fourth-order valence-electron chi connectivity index (χ4n) is 10.6. The Morgan fingerprint density at radius 3 is 0.789 bits per heavy atom. The Hall–Kier alpha value is -1.94. The van der Waals surface area contributed by atoms with Gasteiger partial charge in [0.2, 0.25) is 0 Å². The molecule has 3 N–H and O–H groups in total. The van der Waals surface area contributed by atoms with Gasteiger partial charge in [0.05, 0.1) is 26.4 Å². The van der Waals surface area contributed by atoms with Gasteiger partial charge < -0.3 is 33.8 Å². The Morgan fingerprint density at radius 1 is 0.311 bits per heavy atom.